The maximum atomic E-state index is 12.6. The molecule has 0 radical (unpaired) electrons. The molecular formula is C23H33N5OS. The largest absolute Gasteiger partial charge is 0.368 e. The fourth-order valence-corrected chi connectivity index (χ4v) is 4.69. The van der Waals surface area contributed by atoms with Gasteiger partial charge in [-0.15, -0.1) is 11.3 Å². The lowest BCUT2D eigenvalue weighted by molar-refractivity contribution is -0.131. The molecule has 0 aliphatic carbocycles. The molecule has 1 saturated heterocycles. The van der Waals surface area contributed by atoms with Gasteiger partial charge in [-0.05, 0) is 38.1 Å². The van der Waals surface area contributed by atoms with Crippen LogP contribution < -0.4 is 15.5 Å². The Kier molecular flexibility index (Phi) is 8.13. The summed E-state index contributed by atoms with van der Waals surface area (Å²) in [6.07, 6.45) is 1.44. The van der Waals surface area contributed by atoms with E-state index >= 15 is 0 Å². The molecule has 3 rings (SSSR count). The average molecular weight is 428 g/mol. The number of nitrogens with zero attached hydrogens (tertiary/aromatic N) is 3. The molecule has 2 N–H and O–H groups in total. The van der Waals surface area contributed by atoms with Crippen LogP contribution in [0.3, 0.4) is 0 Å². The van der Waals surface area contributed by atoms with Crippen LogP contribution >= 0.6 is 11.3 Å². The molecular weight excluding hydrogens is 394 g/mol. The van der Waals surface area contributed by atoms with E-state index in [9.17, 15) is 4.79 Å². The van der Waals surface area contributed by atoms with Crippen molar-refractivity contribution in [2.75, 3.05) is 44.7 Å². The van der Waals surface area contributed by atoms with Crippen LogP contribution in [0, 0.1) is 6.92 Å². The Bertz CT molecular complexity index is 827. The standard InChI is InChI=1S/C23H33N5OS/c1-18(17-21-10-9-19(2)30-21)26-23(24-3)25-12-11-22(29)28-15-13-27(14-16-28)20-7-5-4-6-8-20/h4-10,18H,11-17H2,1-3H3,(H2,24,25,26). The number of thiophene rings is 1. The van der Waals surface area contributed by atoms with E-state index in [1.54, 1.807) is 7.05 Å². The number of aliphatic imine (C=N–C) groups is 1. The molecule has 1 amide bonds. The summed E-state index contributed by atoms with van der Waals surface area (Å²) in [5.41, 5.74) is 1.23. The van der Waals surface area contributed by atoms with E-state index in [2.05, 4.69) is 70.8 Å². The first-order valence-corrected chi connectivity index (χ1v) is 11.5. The minimum atomic E-state index is 0.202. The summed E-state index contributed by atoms with van der Waals surface area (Å²) in [5.74, 6) is 0.949. The highest BCUT2D eigenvalue weighted by molar-refractivity contribution is 7.11. The van der Waals surface area contributed by atoms with E-state index in [4.69, 9.17) is 0 Å². The van der Waals surface area contributed by atoms with Crippen molar-refractivity contribution in [1.82, 2.24) is 15.5 Å². The molecule has 1 aliphatic heterocycles. The van der Waals surface area contributed by atoms with E-state index in [0.717, 1.165) is 38.6 Å². The van der Waals surface area contributed by atoms with Crippen LogP contribution in [0.5, 0.6) is 0 Å². The Morgan fingerprint density at radius 2 is 1.87 bits per heavy atom. The minimum Gasteiger partial charge on any atom is -0.368 e. The molecule has 162 valence electrons. The zero-order chi connectivity index (χ0) is 21.3. The first kappa shape index (κ1) is 22.2. The highest BCUT2D eigenvalue weighted by Gasteiger charge is 2.21. The van der Waals surface area contributed by atoms with Gasteiger partial charge < -0.3 is 20.4 Å². The summed E-state index contributed by atoms with van der Waals surface area (Å²) >= 11 is 1.83. The Morgan fingerprint density at radius 3 is 2.50 bits per heavy atom. The lowest BCUT2D eigenvalue weighted by Crippen LogP contribution is -2.49. The molecule has 1 fully saturated rings. The van der Waals surface area contributed by atoms with Crippen molar-refractivity contribution in [2.24, 2.45) is 4.99 Å². The molecule has 2 aromatic rings. The minimum absolute atomic E-state index is 0.202. The van der Waals surface area contributed by atoms with Crippen molar-refractivity contribution in [1.29, 1.82) is 0 Å². The predicted octanol–water partition coefficient (Wildman–Crippen LogP) is 2.89. The fraction of sp³-hybridized carbons (Fsp3) is 0.478. The Hall–Kier alpha value is -2.54. The third kappa shape index (κ3) is 6.49. The summed E-state index contributed by atoms with van der Waals surface area (Å²) in [6.45, 7) is 8.18. The van der Waals surface area contributed by atoms with Crippen LogP contribution in [0.4, 0.5) is 5.69 Å². The molecule has 1 aromatic heterocycles. The lowest BCUT2D eigenvalue weighted by Gasteiger charge is -2.36. The smallest absolute Gasteiger partial charge is 0.224 e. The van der Waals surface area contributed by atoms with Gasteiger partial charge in [0.25, 0.3) is 0 Å². The number of amides is 1. The van der Waals surface area contributed by atoms with E-state index in [0.29, 0.717) is 13.0 Å². The van der Waals surface area contributed by atoms with Gasteiger partial charge in [-0.1, -0.05) is 18.2 Å². The summed E-state index contributed by atoms with van der Waals surface area (Å²) in [6, 6.07) is 15.0. The number of hydrogen-bond acceptors (Lipinski definition) is 4. The predicted molar refractivity (Wildman–Crippen MR) is 127 cm³/mol. The van der Waals surface area contributed by atoms with Crippen molar-refractivity contribution in [3.05, 3.63) is 52.2 Å². The number of carbonyl (C=O) groups excluding carboxylic acids is 1. The van der Waals surface area contributed by atoms with Crippen LogP contribution in [0.25, 0.3) is 0 Å². The third-order valence-electron chi connectivity index (χ3n) is 5.30. The number of aryl methyl sites for hydroxylation is 1. The van der Waals surface area contributed by atoms with Crippen molar-refractivity contribution in [3.63, 3.8) is 0 Å². The Balaban J connectivity index is 1.36. The molecule has 6 nitrogen and oxygen atoms in total. The van der Waals surface area contributed by atoms with Gasteiger partial charge in [-0.2, -0.15) is 0 Å². The van der Waals surface area contributed by atoms with Gasteiger partial charge in [-0.25, -0.2) is 0 Å². The van der Waals surface area contributed by atoms with Crippen molar-refractivity contribution < 1.29 is 4.79 Å². The summed E-state index contributed by atoms with van der Waals surface area (Å²) < 4.78 is 0. The maximum Gasteiger partial charge on any atom is 0.224 e. The first-order chi connectivity index (χ1) is 14.5. The number of carbonyl (C=O) groups is 1. The average Bonchev–Trinajstić information content (AvgIpc) is 3.18. The van der Waals surface area contributed by atoms with Gasteiger partial charge in [0, 0.05) is 74.1 Å². The second-order valence-electron chi connectivity index (χ2n) is 7.71. The number of rotatable bonds is 7. The molecule has 0 bridgehead atoms. The topological polar surface area (TPSA) is 60.0 Å². The first-order valence-electron chi connectivity index (χ1n) is 10.7. The summed E-state index contributed by atoms with van der Waals surface area (Å²) in [5, 5.41) is 6.70. The number of hydrogen-bond donors (Lipinski definition) is 2. The van der Waals surface area contributed by atoms with E-state index in [1.807, 2.05) is 22.3 Å². The van der Waals surface area contributed by atoms with Gasteiger partial charge >= 0.3 is 0 Å². The molecule has 1 aliphatic rings. The van der Waals surface area contributed by atoms with Crippen molar-refractivity contribution in [2.45, 2.75) is 32.7 Å². The van der Waals surface area contributed by atoms with Gasteiger partial charge in [0.15, 0.2) is 5.96 Å². The fourth-order valence-electron chi connectivity index (χ4n) is 3.67. The molecule has 7 heteroatoms. The zero-order valence-electron chi connectivity index (χ0n) is 18.2. The molecule has 0 saturated carbocycles. The van der Waals surface area contributed by atoms with E-state index in [1.165, 1.54) is 15.4 Å². The van der Waals surface area contributed by atoms with Gasteiger partial charge in [0.2, 0.25) is 5.91 Å². The SMILES string of the molecule is CN=C(NCCC(=O)N1CCN(c2ccccc2)CC1)NC(C)Cc1ccc(C)s1. The van der Waals surface area contributed by atoms with Crippen molar-refractivity contribution in [3.8, 4) is 0 Å². The summed E-state index contributed by atoms with van der Waals surface area (Å²) in [7, 11) is 1.77. The monoisotopic (exact) mass is 427 g/mol. The Morgan fingerprint density at radius 1 is 1.13 bits per heavy atom. The molecule has 30 heavy (non-hydrogen) atoms. The van der Waals surface area contributed by atoms with Gasteiger partial charge in [-0.3, -0.25) is 9.79 Å². The van der Waals surface area contributed by atoms with E-state index < -0.39 is 0 Å². The number of nitrogens with one attached hydrogen (secondary N) is 2. The van der Waals surface area contributed by atoms with E-state index in [-0.39, 0.29) is 11.9 Å². The van der Waals surface area contributed by atoms with Crippen LogP contribution in [0.1, 0.15) is 23.1 Å². The second kappa shape index (κ2) is 11.0. The van der Waals surface area contributed by atoms with Crippen LogP contribution in [-0.2, 0) is 11.2 Å². The van der Waals surface area contributed by atoms with Crippen molar-refractivity contribution >= 4 is 28.9 Å². The van der Waals surface area contributed by atoms with Crippen LogP contribution in [-0.4, -0.2) is 62.6 Å². The highest BCUT2D eigenvalue weighted by atomic mass is 32.1. The van der Waals surface area contributed by atoms with Crippen LogP contribution in [0.15, 0.2) is 47.5 Å². The normalized spacial score (nSPS) is 15.8. The molecule has 1 unspecified atom stereocenters. The van der Waals surface area contributed by atoms with Gasteiger partial charge in [0.1, 0.15) is 0 Å². The third-order valence-corrected chi connectivity index (χ3v) is 6.32. The number of guanidine groups is 1. The number of para-hydroxylation sites is 1. The van der Waals surface area contributed by atoms with Gasteiger partial charge in [0.05, 0.1) is 0 Å². The quantitative estimate of drug-likeness (QED) is 0.527. The maximum absolute atomic E-state index is 12.6. The highest BCUT2D eigenvalue weighted by Crippen LogP contribution is 2.17. The molecule has 2 heterocycles. The molecule has 0 spiro atoms. The number of anilines is 1. The Labute approximate surface area is 184 Å². The second-order valence-corrected chi connectivity index (χ2v) is 9.09. The molecule has 1 aromatic carbocycles. The number of piperazine rings is 1. The van der Waals surface area contributed by atoms with Crippen LogP contribution in [0.2, 0.25) is 0 Å². The number of benzene rings is 1. The lowest BCUT2D eigenvalue weighted by atomic mass is 10.2. The zero-order valence-corrected chi connectivity index (χ0v) is 19.0. The molecule has 1 atom stereocenters. The summed E-state index contributed by atoms with van der Waals surface area (Å²) in [4.78, 5) is 23.9.